The summed E-state index contributed by atoms with van der Waals surface area (Å²) in [4.78, 5) is 25.5. The van der Waals surface area contributed by atoms with E-state index in [-0.39, 0.29) is 18.9 Å². The van der Waals surface area contributed by atoms with Gasteiger partial charge >= 0.3 is 6.09 Å². The van der Waals surface area contributed by atoms with Gasteiger partial charge in [-0.05, 0) is 43.0 Å². The van der Waals surface area contributed by atoms with E-state index in [9.17, 15) is 18.0 Å². The molecule has 1 aliphatic carbocycles. The second-order valence-electron chi connectivity index (χ2n) is 6.08. The minimum atomic E-state index is -3.58. The van der Waals surface area contributed by atoms with Crippen molar-refractivity contribution in [2.24, 2.45) is 0 Å². The summed E-state index contributed by atoms with van der Waals surface area (Å²) in [7, 11) is -3.58. The Bertz CT molecular complexity index is 773. The maximum Gasteiger partial charge on any atom is 0.414 e. The van der Waals surface area contributed by atoms with Crippen LogP contribution in [0.4, 0.5) is 10.5 Å². The molecule has 0 spiro atoms. The van der Waals surface area contributed by atoms with E-state index in [0.29, 0.717) is 12.1 Å². The molecule has 8 heteroatoms. The lowest BCUT2D eigenvalue weighted by atomic mass is 10.0. The molecule has 1 fully saturated rings. The number of fused-ring (bicyclic) bond motifs is 1. The van der Waals surface area contributed by atoms with E-state index in [1.165, 1.54) is 4.90 Å². The van der Waals surface area contributed by atoms with Crippen molar-refractivity contribution in [1.82, 2.24) is 0 Å². The molecule has 1 amide bonds. The highest BCUT2D eigenvalue weighted by Gasteiger charge is 2.33. The van der Waals surface area contributed by atoms with Crippen LogP contribution < -0.4 is 4.90 Å². The number of nitrogens with zero attached hydrogens (tertiary/aromatic N) is 1. The molecule has 0 bridgehead atoms. The lowest BCUT2D eigenvalue weighted by molar-refractivity contribution is 0.0982. The molecule has 1 heterocycles. The maximum atomic E-state index is 12.1. The summed E-state index contributed by atoms with van der Waals surface area (Å²) in [5, 5.41) is 0. The average molecular weight is 353 g/mol. The summed E-state index contributed by atoms with van der Waals surface area (Å²) in [5.41, 5.74) is 2.31. The summed E-state index contributed by atoms with van der Waals surface area (Å²) in [6.07, 6.45) is 2.94. The number of hydrogen-bond donors (Lipinski definition) is 0. The van der Waals surface area contributed by atoms with E-state index in [1.807, 2.05) is 6.07 Å². The standard InChI is InChI=1S/C16H19NO6S/c1-24(20,21)22-10-13-9-17(16(19)23-13)12-6-7-14-11(8-12)4-2-3-5-15(14)18/h6-8,13H,2-5,9-10H2,1H3/t13-/m1/s1. The molecule has 1 aromatic carbocycles. The van der Waals surface area contributed by atoms with Crippen molar-refractivity contribution in [2.75, 3.05) is 24.3 Å². The average Bonchev–Trinajstić information content (AvgIpc) is 2.79. The van der Waals surface area contributed by atoms with Crippen LogP contribution in [0.15, 0.2) is 18.2 Å². The molecule has 1 saturated heterocycles. The molecule has 2 aliphatic rings. The van der Waals surface area contributed by atoms with E-state index < -0.39 is 22.3 Å². The first-order valence-corrected chi connectivity index (χ1v) is 9.64. The van der Waals surface area contributed by atoms with E-state index in [1.54, 1.807) is 12.1 Å². The Balaban J connectivity index is 1.76. The Morgan fingerprint density at radius 3 is 2.75 bits per heavy atom. The number of rotatable bonds is 4. The van der Waals surface area contributed by atoms with Crippen LogP contribution in [0.5, 0.6) is 0 Å². The number of anilines is 1. The van der Waals surface area contributed by atoms with Crippen LogP contribution in [0.3, 0.4) is 0 Å². The third kappa shape index (κ3) is 3.76. The summed E-state index contributed by atoms with van der Waals surface area (Å²) < 4.78 is 31.9. The number of hydrogen-bond acceptors (Lipinski definition) is 6. The molecule has 24 heavy (non-hydrogen) atoms. The van der Waals surface area contributed by atoms with Crippen LogP contribution in [0.25, 0.3) is 0 Å². The molecule has 3 rings (SSSR count). The molecule has 0 saturated carbocycles. The molecule has 0 N–H and O–H groups in total. The van der Waals surface area contributed by atoms with Gasteiger partial charge in [-0.25, -0.2) is 4.79 Å². The van der Waals surface area contributed by atoms with Gasteiger partial charge in [0.25, 0.3) is 10.1 Å². The Labute approximate surface area is 140 Å². The molecule has 1 aromatic rings. The second-order valence-corrected chi connectivity index (χ2v) is 7.72. The number of amides is 1. The van der Waals surface area contributed by atoms with E-state index >= 15 is 0 Å². The Morgan fingerprint density at radius 2 is 2.00 bits per heavy atom. The largest absolute Gasteiger partial charge is 0.441 e. The van der Waals surface area contributed by atoms with Crippen molar-refractivity contribution in [3.63, 3.8) is 0 Å². The van der Waals surface area contributed by atoms with E-state index in [2.05, 4.69) is 0 Å². The molecule has 0 radical (unpaired) electrons. The number of benzene rings is 1. The van der Waals surface area contributed by atoms with Crippen molar-refractivity contribution >= 4 is 27.7 Å². The van der Waals surface area contributed by atoms with Gasteiger partial charge in [-0.2, -0.15) is 8.42 Å². The molecule has 7 nitrogen and oxygen atoms in total. The lowest BCUT2D eigenvalue weighted by Gasteiger charge is -2.15. The summed E-state index contributed by atoms with van der Waals surface area (Å²) in [6.45, 7) is 0.00554. The minimum Gasteiger partial charge on any atom is -0.441 e. The highest BCUT2D eigenvalue weighted by molar-refractivity contribution is 7.85. The molecular weight excluding hydrogens is 334 g/mol. The van der Waals surface area contributed by atoms with Gasteiger partial charge in [0.05, 0.1) is 12.8 Å². The van der Waals surface area contributed by atoms with Gasteiger partial charge in [-0.15, -0.1) is 0 Å². The van der Waals surface area contributed by atoms with E-state index in [0.717, 1.165) is 36.6 Å². The third-order valence-corrected chi connectivity index (χ3v) is 4.71. The van der Waals surface area contributed by atoms with Crippen LogP contribution in [0.1, 0.15) is 35.2 Å². The summed E-state index contributed by atoms with van der Waals surface area (Å²) in [6, 6.07) is 5.33. The maximum absolute atomic E-state index is 12.1. The number of carbonyl (C=O) groups is 2. The number of Topliss-reactive ketones (excluding diaryl/α,β-unsaturated/α-hetero) is 1. The Morgan fingerprint density at radius 1 is 1.25 bits per heavy atom. The van der Waals surface area contributed by atoms with E-state index in [4.69, 9.17) is 8.92 Å². The first-order chi connectivity index (χ1) is 11.3. The van der Waals surface area contributed by atoms with Gasteiger partial charge in [-0.1, -0.05) is 0 Å². The number of carbonyl (C=O) groups excluding carboxylic acids is 2. The Kier molecular flexibility index (Phi) is 4.60. The normalized spacial score (nSPS) is 21.4. The van der Waals surface area contributed by atoms with Gasteiger partial charge in [0.2, 0.25) is 0 Å². The van der Waals surface area contributed by atoms with Gasteiger partial charge < -0.3 is 4.74 Å². The summed E-state index contributed by atoms with van der Waals surface area (Å²) >= 11 is 0. The van der Waals surface area contributed by atoms with Crippen LogP contribution in [-0.4, -0.2) is 45.8 Å². The zero-order valence-electron chi connectivity index (χ0n) is 13.4. The minimum absolute atomic E-state index is 0.137. The summed E-state index contributed by atoms with van der Waals surface area (Å²) in [5.74, 6) is 0.137. The van der Waals surface area contributed by atoms with Crippen molar-refractivity contribution in [2.45, 2.75) is 31.8 Å². The fourth-order valence-corrected chi connectivity index (χ4v) is 3.38. The van der Waals surface area contributed by atoms with Crippen LogP contribution in [-0.2, 0) is 25.5 Å². The quantitative estimate of drug-likeness (QED) is 0.607. The number of cyclic esters (lactones) is 1. The van der Waals surface area contributed by atoms with Gasteiger partial charge in [-0.3, -0.25) is 13.9 Å². The zero-order chi connectivity index (χ0) is 17.3. The molecule has 0 aromatic heterocycles. The van der Waals surface area contributed by atoms with Crippen molar-refractivity contribution in [3.05, 3.63) is 29.3 Å². The fraction of sp³-hybridized carbons (Fsp3) is 0.500. The van der Waals surface area contributed by atoms with Crippen LogP contribution in [0, 0.1) is 0 Å². The second kappa shape index (κ2) is 6.52. The predicted octanol–water partition coefficient (Wildman–Crippen LogP) is 1.90. The first kappa shape index (κ1) is 16.9. The number of ether oxygens (including phenoxy) is 1. The van der Waals surface area contributed by atoms with Crippen LogP contribution >= 0.6 is 0 Å². The topological polar surface area (TPSA) is 90.0 Å². The first-order valence-electron chi connectivity index (χ1n) is 7.82. The molecule has 130 valence electrons. The van der Waals surface area contributed by atoms with Gasteiger partial charge in [0.15, 0.2) is 5.78 Å². The lowest BCUT2D eigenvalue weighted by Crippen LogP contribution is -2.26. The third-order valence-electron chi connectivity index (χ3n) is 4.14. The molecule has 1 atom stereocenters. The highest BCUT2D eigenvalue weighted by Crippen LogP contribution is 2.28. The zero-order valence-corrected chi connectivity index (χ0v) is 14.2. The number of ketones is 1. The highest BCUT2D eigenvalue weighted by atomic mass is 32.2. The SMILES string of the molecule is CS(=O)(=O)OC[C@H]1CN(c2ccc3c(c2)CCCCC3=O)C(=O)O1. The number of aryl methyl sites for hydroxylation is 1. The molecule has 0 unspecified atom stereocenters. The van der Waals surface area contributed by atoms with Gasteiger partial charge in [0.1, 0.15) is 12.7 Å². The van der Waals surface area contributed by atoms with Gasteiger partial charge in [0, 0.05) is 17.7 Å². The Hall–Kier alpha value is -1.93. The van der Waals surface area contributed by atoms with Crippen molar-refractivity contribution < 1.29 is 26.9 Å². The fourth-order valence-electron chi connectivity index (χ4n) is 2.98. The monoisotopic (exact) mass is 353 g/mol. The van der Waals surface area contributed by atoms with Crippen molar-refractivity contribution in [1.29, 1.82) is 0 Å². The van der Waals surface area contributed by atoms with Crippen molar-refractivity contribution in [3.8, 4) is 0 Å². The smallest absolute Gasteiger partial charge is 0.414 e. The molecular formula is C16H19NO6S. The predicted molar refractivity (Wildman–Crippen MR) is 86.7 cm³/mol. The molecule has 1 aliphatic heterocycles. The van der Waals surface area contributed by atoms with Crippen LogP contribution in [0.2, 0.25) is 0 Å².